The number of aromatic amines is 1. The van der Waals surface area contributed by atoms with Gasteiger partial charge in [0.1, 0.15) is 5.82 Å². The standard InChI is InChI=1S/C23H26FN3O2S/c24-19-7-2-4-9-21(19)30-23-18(17-6-1-3-8-20(17)26-23)16-22(28)25-10-5-11-27-12-14-29-15-13-27/h1-4,6-9,26H,5,10-16H2,(H,25,28). The lowest BCUT2D eigenvalue weighted by molar-refractivity contribution is -0.120. The number of fused-ring (bicyclic) bond motifs is 1. The number of morpholine rings is 1. The Kier molecular flexibility index (Phi) is 7.04. The van der Waals surface area contributed by atoms with Crippen LogP contribution >= 0.6 is 11.8 Å². The van der Waals surface area contributed by atoms with E-state index in [1.54, 1.807) is 12.1 Å². The number of ether oxygens (including phenoxy) is 1. The molecule has 0 bridgehead atoms. The van der Waals surface area contributed by atoms with Crippen LogP contribution in [0.3, 0.4) is 0 Å². The Morgan fingerprint density at radius 2 is 1.90 bits per heavy atom. The number of H-pyrrole nitrogens is 1. The van der Waals surface area contributed by atoms with Gasteiger partial charge in [0.25, 0.3) is 0 Å². The molecule has 1 aliphatic heterocycles. The van der Waals surface area contributed by atoms with Gasteiger partial charge in [0, 0.05) is 41.0 Å². The van der Waals surface area contributed by atoms with Gasteiger partial charge in [0.2, 0.25) is 5.91 Å². The van der Waals surface area contributed by atoms with Crippen LogP contribution in [0.1, 0.15) is 12.0 Å². The van der Waals surface area contributed by atoms with Crippen molar-refractivity contribution in [3.8, 4) is 0 Å². The topological polar surface area (TPSA) is 57.4 Å². The molecule has 3 aromatic rings. The monoisotopic (exact) mass is 427 g/mol. The summed E-state index contributed by atoms with van der Waals surface area (Å²) in [5.74, 6) is -0.281. The Balaban J connectivity index is 1.40. The minimum atomic E-state index is -0.264. The largest absolute Gasteiger partial charge is 0.379 e. The zero-order chi connectivity index (χ0) is 20.8. The van der Waals surface area contributed by atoms with Gasteiger partial charge in [-0.05, 0) is 31.2 Å². The molecule has 0 radical (unpaired) electrons. The number of carbonyl (C=O) groups excluding carboxylic acids is 1. The Labute approximate surface area is 180 Å². The molecule has 1 amide bonds. The summed E-state index contributed by atoms with van der Waals surface area (Å²) in [6.07, 6.45) is 1.18. The lowest BCUT2D eigenvalue weighted by Crippen LogP contribution is -2.38. The number of benzene rings is 2. The van der Waals surface area contributed by atoms with Crippen molar-refractivity contribution in [2.45, 2.75) is 22.8 Å². The second-order valence-electron chi connectivity index (χ2n) is 7.35. The van der Waals surface area contributed by atoms with Crippen LogP contribution in [0.4, 0.5) is 4.39 Å². The van der Waals surface area contributed by atoms with Gasteiger partial charge < -0.3 is 15.0 Å². The first kappa shape index (κ1) is 20.9. The number of aromatic nitrogens is 1. The molecule has 158 valence electrons. The maximum absolute atomic E-state index is 14.2. The van der Waals surface area contributed by atoms with Gasteiger partial charge in [0.15, 0.2) is 0 Å². The summed E-state index contributed by atoms with van der Waals surface area (Å²) in [7, 11) is 0. The molecule has 2 aromatic carbocycles. The number of rotatable bonds is 8. The van der Waals surface area contributed by atoms with Gasteiger partial charge in [-0.3, -0.25) is 9.69 Å². The minimum Gasteiger partial charge on any atom is -0.379 e. The number of hydrogen-bond acceptors (Lipinski definition) is 4. The van der Waals surface area contributed by atoms with Crippen molar-refractivity contribution in [3.63, 3.8) is 0 Å². The van der Waals surface area contributed by atoms with Crippen molar-refractivity contribution in [2.75, 3.05) is 39.4 Å². The molecule has 4 rings (SSSR count). The third-order valence-corrected chi connectivity index (χ3v) is 6.34. The molecule has 7 heteroatoms. The Bertz CT molecular complexity index is 1000. The van der Waals surface area contributed by atoms with Crippen LogP contribution in [0.5, 0.6) is 0 Å². The molecule has 2 heterocycles. The lowest BCUT2D eigenvalue weighted by atomic mass is 10.1. The zero-order valence-corrected chi connectivity index (χ0v) is 17.6. The summed E-state index contributed by atoms with van der Waals surface area (Å²) in [5, 5.41) is 4.84. The molecule has 0 spiro atoms. The van der Waals surface area contributed by atoms with E-state index in [0.717, 1.165) is 60.8 Å². The Morgan fingerprint density at radius 3 is 2.73 bits per heavy atom. The van der Waals surface area contributed by atoms with E-state index in [4.69, 9.17) is 4.74 Å². The van der Waals surface area contributed by atoms with E-state index in [1.165, 1.54) is 17.8 Å². The summed E-state index contributed by atoms with van der Waals surface area (Å²) >= 11 is 1.33. The predicted molar refractivity (Wildman–Crippen MR) is 117 cm³/mol. The highest BCUT2D eigenvalue weighted by Gasteiger charge is 2.17. The number of halogens is 1. The fourth-order valence-electron chi connectivity index (χ4n) is 3.65. The molecule has 30 heavy (non-hydrogen) atoms. The first-order valence-corrected chi connectivity index (χ1v) is 11.1. The van der Waals surface area contributed by atoms with Crippen LogP contribution in [0, 0.1) is 5.82 Å². The molecular formula is C23H26FN3O2S. The fourth-order valence-corrected chi connectivity index (χ4v) is 4.65. The number of nitrogens with one attached hydrogen (secondary N) is 2. The minimum absolute atomic E-state index is 0.0166. The van der Waals surface area contributed by atoms with Gasteiger partial charge in [-0.1, -0.05) is 42.1 Å². The average Bonchev–Trinajstić information content (AvgIpc) is 3.11. The molecule has 1 aliphatic rings. The van der Waals surface area contributed by atoms with E-state index in [0.29, 0.717) is 11.4 Å². The summed E-state index contributed by atoms with van der Waals surface area (Å²) < 4.78 is 19.5. The molecule has 2 N–H and O–H groups in total. The third kappa shape index (κ3) is 5.22. The quantitative estimate of drug-likeness (QED) is 0.537. The van der Waals surface area contributed by atoms with Gasteiger partial charge in [-0.2, -0.15) is 0 Å². The molecule has 0 unspecified atom stereocenters. The van der Waals surface area contributed by atoms with Gasteiger partial charge in [-0.25, -0.2) is 4.39 Å². The van der Waals surface area contributed by atoms with Crippen LogP contribution in [0.25, 0.3) is 10.9 Å². The number of para-hydroxylation sites is 1. The predicted octanol–water partition coefficient (Wildman–Crippen LogP) is 3.84. The molecule has 0 saturated carbocycles. The highest BCUT2D eigenvalue weighted by Crippen LogP contribution is 2.35. The molecule has 1 aromatic heterocycles. The first-order chi connectivity index (χ1) is 14.7. The van der Waals surface area contributed by atoms with Crippen LogP contribution in [-0.4, -0.2) is 55.2 Å². The number of nitrogens with zero attached hydrogens (tertiary/aromatic N) is 1. The zero-order valence-electron chi connectivity index (χ0n) is 16.8. The molecule has 1 saturated heterocycles. The Hall–Kier alpha value is -2.35. The van der Waals surface area contributed by atoms with E-state index >= 15 is 0 Å². The van der Waals surface area contributed by atoms with Crippen LogP contribution < -0.4 is 5.32 Å². The first-order valence-electron chi connectivity index (χ1n) is 10.3. The second-order valence-corrected chi connectivity index (χ2v) is 8.40. The number of carbonyl (C=O) groups is 1. The maximum atomic E-state index is 14.2. The van der Waals surface area contributed by atoms with E-state index in [1.807, 2.05) is 30.3 Å². The SMILES string of the molecule is O=C(Cc1c(Sc2ccccc2F)[nH]c2ccccc12)NCCCN1CCOCC1. The van der Waals surface area contributed by atoms with Crippen molar-refractivity contribution in [1.29, 1.82) is 0 Å². The summed E-state index contributed by atoms with van der Waals surface area (Å²) in [6, 6.07) is 14.6. The molecule has 5 nitrogen and oxygen atoms in total. The number of amides is 1. The molecule has 0 atom stereocenters. The van der Waals surface area contributed by atoms with Gasteiger partial charge in [-0.15, -0.1) is 0 Å². The highest BCUT2D eigenvalue weighted by atomic mass is 32.2. The number of hydrogen-bond donors (Lipinski definition) is 2. The van der Waals surface area contributed by atoms with Crippen molar-refractivity contribution in [1.82, 2.24) is 15.2 Å². The van der Waals surface area contributed by atoms with Crippen LogP contribution in [0.2, 0.25) is 0 Å². The van der Waals surface area contributed by atoms with Crippen LogP contribution in [-0.2, 0) is 16.0 Å². The fraction of sp³-hybridized carbons (Fsp3) is 0.348. The smallest absolute Gasteiger partial charge is 0.224 e. The highest BCUT2D eigenvalue weighted by molar-refractivity contribution is 7.99. The third-order valence-electron chi connectivity index (χ3n) is 5.24. The van der Waals surface area contributed by atoms with Crippen molar-refractivity contribution >= 4 is 28.6 Å². The van der Waals surface area contributed by atoms with Gasteiger partial charge >= 0.3 is 0 Å². The molecule has 0 aliphatic carbocycles. The van der Waals surface area contributed by atoms with E-state index in [9.17, 15) is 9.18 Å². The van der Waals surface area contributed by atoms with Crippen LogP contribution in [0.15, 0.2) is 58.5 Å². The second kappa shape index (κ2) is 10.1. The van der Waals surface area contributed by atoms with E-state index in [2.05, 4.69) is 15.2 Å². The summed E-state index contributed by atoms with van der Waals surface area (Å²) in [5.41, 5.74) is 1.86. The maximum Gasteiger partial charge on any atom is 0.224 e. The summed E-state index contributed by atoms with van der Waals surface area (Å²) in [6.45, 7) is 5.10. The summed E-state index contributed by atoms with van der Waals surface area (Å²) in [4.78, 5) is 18.9. The van der Waals surface area contributed by atoms with E-state index in [-0.39, 0.29) is 18.1 Å². The van der Waals surface area contributed by atoms with Crippen molar-refractivity contribution in [3.05, 3.63) is 59.9 Å². The van der Waals surface area contributed by atoms with E-state index < -0.39 is 0 Å². The lowest BCUT2D eigenvalue weighted by Gasteiger charge is -2.26. The Morgan fingerprint density at radius 1 is 1.13 bits per heavy atom. The molecular weight excluding hydrogens is 401 g/mol. The van der Waals surface area contributed by atoms with Crippen molar-refractivity contribution < 1.29 is 13.9 Å². The molecule has 1 fully saturated rings. The normalized spacial score (nSPS) is 14.8. The average molecular weight is 428 g/mol. The van der Waals surface area contributed by atoms with Crippen molar-refractivity contribution in [2.24, 2.45) is 0 Å². The van der Waals surface area contributed by atoms with Gasteiger partial charge in [0.05, 0.1) is 24.7 Å².